The number of phenolic OH excluding ortho intramolecular Hbond substituents is 1. The quantitative estimate of drug-likeness (QED) is 0.782. The van der Waals surface area contributed by atoms with Gasteiger partial charge in [0, 0.05) is 6.42 Å². The molecule has 1 aliphatic rings. The Bertz CT molecular complexity index is 399. The number of carboxylic acid groups (broad SMARTS) is 1. The van der Waals surface area contributed by atoms with E-state index in [0.29, 0.717) is 17.1 Å². The molecule has 5 nitrogen and oxygen atoms in total. The third-order valence-electron chi connectivity index (χ3n) is 2.20. The third-order valence-corrected chi connectivity index (χ3v) is 2.20. The third kappa shape index (κ3) is 1.81. The fourth-order valence-electron chi connectivity index (χ4n) is 1.44. The number of aliphatic carboxylic acids is 1. The van der Waals surface area contributed by atoms with Crippen molar-refractivity contribution in [1.82, 2.24) is 0 Å². The average molecular weight is 210 g/mol. The average Bonchev–Trinajstić information content (AvgIpc) is 2.65. The number of fused-ring (bicyclic) bond motifs is 1. The predicted molar refractivity (Wildman–Crippen MR) is 50.2 cm³/mol. The smallest absolute Gasteiger partial charge is 0.303 e. The van der Waals surface area contributed by atoms with Gasteiger partial charge in [-0.15, -0.1) is 0 Å². The van der Waals surface area contributed by atoms with Crippen LogP contribution >= 0.6 is 0 Å². The summed E-state index contributed by atoms with van der Waals surface area (Å²) in [5.41, 5.74) is 0.557. The molecule has 2 rings (SSSR count). The topological polar surface area (TPSA) is 76.0 Å². The Hall–Kier alpha value is -1.91. The number of hydrogen-bond donors (Lipinski definition) is 2. The summed E-state index contributed by atoms with van der Waals surface area (Å²) >= 11 is 0. The van der Waals surface area contributed by atoms with Gasteiger partial charge < -0.3 is 19.7 Å². The first-order chi connectivity index (χ1) is 7.18. The molecule has 0 saturated carbocycles. The molecule has 0 spiro atoms. The molecule has 0 radical (unpaired) electrons. The normalized spacial score (nSPS) is 12.8. The molecule has 1 heterocycles. The number of aryl methyl sites for hydroxylation is 1. The molecule has 0 saturated heterocycles. The first-order valence-electron chi connectivity index (χ1n) is 4.50. The highest BCUT2D eigenvalue weighted by atomic mass is 16.7. The molecule has 1 aromatic rings. The van der Waals surface area contributed by atoms with E-state index in [9.17, 15) is 9.90 Å². The molecule has 0 amide bonds. The van der Waals surface area contributed by atoms with Crippen LogP contribution in [0.4, 0.5) is 0 Å². The van der Waals surface area contributed by atoms with Gasteiger partial charge in [0.25, 0.3) is 0 Å². The van der Waals surface area contributed by atoms with Gasteiger partial charge in [0.15, 0.2) is 11.5 Å². The number of carbonyl (C=O) groups is 1. The fourth-order valence-corrected chi connectivity index (χ4v) is 1.44. The monoisotopic (exact) mass is 210 g/mol. The van der Waals surface area contributed by atoms with Gasteiger partial charge in [0.2, 0.25) is 12.5 Å². The molecule has 1 aromatic carbocycles. The Labute approximate surface area is 85.9 Å². The Morgan fingerprint density at radius 1 is 1.40 bits per heavy atom. The van der Waals surface area contributed by atoms with Crippen molar-refractivity contribution in [2.24, 2.45) is 0 Å². The summed E-state index contributed by atoms with van der Waals surface area (Å²) < 4.78 is 10.1. The number of ether oxygens (including phenoxy) is 2. The highest BCUT2D eigenvalue weighted by Gasteiger charge is 2.20. The van der Waals surface area contributed by atoms with E-state index < -0.39 is 5.97 Å². The van der Waals surface area contributed by atoms with Crippen molar-refractivity contribution in [2.45, 2.75) is 12.8 Å². The highest BCUT2D eigenvalue weighted by Crippen LogP contribution is 2.42. The lowest BCUT2D eigenvalue weighted by Gasteiger charge is -2.05. The van der Waals surface area contributed by atoms with Crippen LogP contribution in [0, 0.1) is 0 Å². The molecule has 0 atom stereocenters. The van der Waals surface area contributed by atoms with Crippen molar-refractivity contribution < 1.29 is 24.5 Å². The van der Waals surface area contributed by atoms with Crippen molar-refractivity contribution in [1.29, 1.82) is 0 Å². The molecule has 15 heavy (non-hydrogen) atoms. The SMILES string of the molecule is O=C(O)CCc1ccc2c(c1O)OCO2. The van der Waals surface area contributed by atoms with E-state index in [1.54, 1.807) is 12.1 Å². The van der Waals surface area contributed by atoms with Crippen LogP contribution in [0.25, 0.3) is 0 Å². The van der Waals surface area contributed by atoms with Crippen LogP contribution < -0.4 is 9.47 Å². The number of aromatic hydroxyl groups is 1. The van der Waals surface area contributed by atoms with E-state index in [1.807, 2.05) is 0 Å². The van der Waals surface area contributed by atoms with Crippen LogP contribution in [0.2, 0.25) is 0 Å². The number of benzene rings is 1. The molecule has 0 aromatic heterocycles. The summed E-state index contributed by atoms with van der Waals surface area (Å²) in [7, 11) is 0. The van der Waals surface area contributed by atoms with Crippen molar-refractivity contribution in [2.75, 3.05) is 6.79 Å². The van der Waals surface area contributed by atoms with Gasteiger partial charge in [-0.05, 0) is 18.1 Å². The summed E-state index contributed by atoms with van der Waals surface area (Å²) in [5, 5.41) is 18.2. The molecule has 1 aliphatic heterocycles. The zero-order valence-corrected chi connectivity index (χ0v) is 7.90. The number of carboxylic acids is 1. The fraction of sp³-hybridized carbons (Fsp3) is 0.300. The van der Waals surface area contributed by atoms with Crippen LogP contribution in [0.1, 0.15) is 12.0 Å². The summed E-state index contributed by atoms with van der Waals surface area (Å²) in [6.45, 7) is 0.0886. The molecule has 0 bridgehead atoms. The van der Waals surface area contributed by atoms with Gasteiger partial charge >= 0.3 is 5.97 Å². The van der Waals surface area contributed by atoms with Crippen molar-refractivity contribution in [3.05, 3.63) is 17.7 Å². The molecule has 0 aliphatic carbocycles. The molecular weight excluding hydrogens is 200 g/mol. The number of rotatable bonds is 3. The Morgan fingerprint density at radius 3 is 2.93 bits per heavy atom. The van der Waals surface area contributed by atoms with E-state index in [1.165, 1.54) is 0 Å². The zero-order valence-electron chi connectivity index (χ0n) is 7.90. The lowest BCUT2D eigenvalue weighted by Crippen LogP contribution is -1.97. The summed E-state index contributed by atoms with van der Waals surface area (Å²) in [6.07, 6.45) is 0.255. The van der Waals surface area contributed by atoms with Crippen LogP contribution in [-0.2, 0) is 11.2 Å². The van der Waals surface area contributed by atoms with E-state index >= 15 is 0 Å². The van der Waals surface area contributed by atoms with Gasteiger partial charge in [-0.2, -0.15) is 0 Å². The summed E-state index contributed by atoms with van der Waals surface area (Å²) in [4.78, 5) is 10.4. The molecule has 5 heteroatoms. The molecular formula is C10H10O5. The van der Waals surface area contributed by atoms with Gasteiger partial charge in [-0.25, -0.2) is 0 Å². The van der Waals surface area contributed by atoms with Crippen molar-refractivity contribution in [3.63, 3.8) is 0 Å². The summed E-state index contributed by atoms with van der Waals surface area (Å²) in [5.74, 6) is -0.122. The lowest BCUT2D eigenvalue weighted by atomic mass is 10.1. The first-order valence-corrected chi connectivity index (χ1v) is 4.50. The standard InChI is InChI=1S/C10H10O5/c11-8(12)4-2-6-1-3-7-10(9(6)13)15-5-14-7/h1,3,13H,2,4-5H2,(H,11,12). The van der Waals surface area contributed by atoms with Crippen molar-refractivity contribution in [3.8, 4) is 17.2 Å². The maximum absolute atomic E-state index is 10.4. The van der Waals surface area contributed by atoms with Crippen LogP contribution in [0.15, 0.2) is 12.1 Å². The second-order valence-electron chi connectivity index (χ2n) is 3.20. The van der Waals surface area contributed by atoms with Gasteiger partial charge in [0.1, 0.15) is 0 Å². The number of phenols is 1. The minimum atomic E-state index is -0.896. The van der Waals surface area contributed by atoms with E-state index in [0.717, 1.165) is 0 Å². The maximum Gasteiger partial charge on any atom is 0.303 e. The molecule has 2 N–H and O–H groups in total. The van der Waals surface area contributed by atoms with Crippen LogP contribution in [0.3, 0.4) is 0 Å². The Morgan fingerprint density at radius 2 is 2.20 bits per heavy atom. The Balaban J connectivity index is 2.22. The minimum Gasteiger partial charge on any atom is -0.504 e. The Kier molecular flexibility index (Phi) is 2.37. The van der Waals surface area contributed by atoms with E-state index in [-0.39, 0.29) is 25.4 Å². The van der Waals surface area contributed by atoms with Gasteiger partial charge in [-0.3, -0.25) is 4.79 Å². The molecule has 0 fully saturated rings. The van der Waals surface area contributed by atoms with Crippen LogP contribution in [-0.4, -0.2) is 23.0 Å². The van der Waals surface area contributed by atoms with Gasteiger partial charge in [-0.1, -0.05) is 6.07 Å². The van der Waals surface area contributed by atoms with Crippen LogP contribution in [0.5, 0.6) is 17.2 Å². The van der Waals surface area contributed by atoms with E-state index in [2.05, 4.69) is 0 Å². The zero-order chi connectivity index (χ0) is 10.8. The minimum absolute atomic E-state index is 0.0206. The van der Waals surface area contributed by atoms with Crippen molar-refractivity contribution >= 4 is 5.97 Å². The molecule has 0 unspecified atom stereocenters. The lowest BCUT2D eigenvalue weighted by molar-refractivity contribution is -0.136. The maximum atomic E-state index is 10.4. The highest BCUT2D eigenvalue weighted by molar-refractivity contribution is 5.67. The largest absolute Gasteiger partial charge is 0.504 e. The van der Waals surface area contributed by atoms with E-state index in [4.69, 9.17) is 14.6 Å². The summed E-state index contributed by atoms with van der Waals surface area (Å²) in [6, 6.07) is 3.31. The first kappa shape index (κ1) is 9.64. The predicted octanol–water partition coefficient (Wildman–Crippen LogP) is 1.14. The second-order valence-corrected chi connectivity index (χ2v) is 3.20. The number of hydrogen-bond acceptors (Lipinski definition) is 4. The molecule has 80 valence electrons. The second kappa shape index (κ2) is 3.68. The van der Waals surface area contributed by atoms with Gasteiger partial charge in [0.05, 0.1) is 0 Å².